The molecule has 2 amide bonds. The zero-order valence-electron chi connectivity index (χ0n) is 90.0. The molecule has 1 unspecified atom stereocenters. The molecule has 11 rings (SSSR count). The molecule has 1 aliphatic heterocycles. The van der Waals surface area contributed by atoms with Crippen LogP contribution in [0.4, 0.5) is 0 Å². The fourth-order valence-corrected chi connectivity index (χ4v) is 14.0. The summed E-state index contributed by atoms with van der Waals surface area (Å²) in [4.78, 5) is 84.0. The minimum atomic E-state index is -4.07. The fraction of sp³-hybridized carbons (Fsp3) is 0.509. The number of amides is 2. The zero-order chi connectivity index (χ0) is 107. The maximum absolute atomic E-state index is 11.0. The van der Waals surface area contributed by atoms with Crippen LogP contribution in [0.25, 0.3) is 0 Å². The SMILES string of the molecule is CC(C)(C)C1CCCCC1.CC(C)(C)C1CONC1=O.CC(C)(C)Cc1ccc(C(=O)O)cc1.CC(C)(C)c1ccc(C(=O)O)cc1.CC(C)(C)c1ccc(C(N)=O)cc1.CC(C)(C)c1ccc(S(=O)(=O)O)cc1.CC(C)(C)c1cccc(C(=O)O)c1.CC(C)(C)c1ccncc1.CC(C)Oc1c(C(C)(C)C)ccc(C(=O)O)c1O.Cn1cc(C(C)(C)C)cc1C(=O)O.Cn1ccc(C(C)(C)C)c1. The number of phenols is 1. The number of carboxylic acids is 5. The highest BCUT2D eigenvalue weighted by Gasteiger charge is 2.36. The summed E-state index contributed by atoms with van der Waals surface area (Å²) >= 11 is 0. The Balaban J connectivity index is 0.000000762. The third-order valence-electron chi connectivity index (χ3n) is 22.4. The second kappa shape index (κ2) is 52.7. The Morgan fingerprint density at radius 3 is 1.14 bits per heavy atom. The van der Waals surface area contributed by atoms with Crippen molar-refractivity contribution in [3.05, 3.63) is 272 Å². The monoisotopic (exact) mass is 1930 g/mol. The number of hydrogen-bond donors (Lipinski definition) is 9. The Morgan fingerprint density at radius 2 is 0.862 bits per heavy atom. The number of carbonyl (C=O) groups is 7. The molecule has 9 aromatic rings. The molecule has 2 fully saturated rings. The van der Waals surface area contributed by atoms with Crippen LogP contribution in [0, 0.1) is 28.1 Å². The molecule has 764 valence electrons. The molecule has 138 heavy (non-hydrogen) atoms. The van der Waals surface area contributed by atoms with Gasteiger partial charge in [-0.1, -0.05) is 314 Å². The minimum Gasteiger partial charge on any atom is -0.504 e. The topological polar surface area (TPSA) is 374 Å². The number of hydrogen-bond acceptors (Lipinski definition) is 13. The lowest BCUT2D eigenvalue weighted by molar-refractivity contribution is -0.127. The maximum Gasteiger partial charge on any atom is 0.352 e. The highest BCUT2D eigenvalue weighted by molar-refractivity contribution is 7.85. The van der Waals surface area contributed by atoms with Crippen molar-refractivity contribution in [1.29, 1.82) is 0 Å². The number of carboxylic acid groups (broad SMARTS) is 5. The molecule has 1 saturated heterocycles. The lowest BCUT2D eigenvalue weighted by Crippen LogP contribution is -2.29. The Bertz CT molecular complexity index is 5340. The van der Waals surface area contributed by atoms with Crippen LogP contribution < -0.4 is 16.0 Å². The second-order valence-corrected chi connectivity index (χ2v) is 48.4. The molecule has 2 aliphatic rings. The number of pyridine rings is 1. The molecule has 6 aromatic carbocycles. The Hall–Kier alpha value is -11.2. The van der Waals surface area contributed by atoms with Gasteiger partial charge in [-0.25, -0.2) is 29.5 Å². The Labute approximate surface area is 826 Å². The first-order valence-electron chi connectivity index (χ1n) is 47.1. The smallest absolute Gasteiger partial charge is 0.352 e. The van der Waals surface area contributed by atoms with Gasteiger partial charge < -0.3 is 50.2 Å². The van der Waals surface area contributed by atoms with Crippen molar-refractivity contribution >= 4 is 51.8 Å². The van der Waals surface area contributed by atoms with Crippen LogP contribution in [0.1, 0.15) is 387 Å². The number of carbonyl (C=O) groups excluding carboxylic acids is 2. The van der Waals surface area contributed by atoms with Gasteiger partial charge in [0.05, 0.1) is 40.2 Å². The van der Waals surface area contributed by atoms with Crippen LogP contribution in [-0.2, 0) is 83.6 Å². The highest BCUT2D eigenvalue weighted by Crippen LogP contribution is 2.42. The van der Waals surface area contributed by atoms with E-state index in [1.165, 1.54) is 72.6 Å². The molecule has 1 atom stereocenters. The number of primary amides is 1. The Kier molecular flexibility index (Phi) is 47.7. The van der Waals surface area contributed by atoms with E-state index in [9.17, 15) is 47.1 Å². The van der Waals surface area contributed by atoms with Gasteiger partial charge >= 0.3 is 29.8 Å². The van der Waals surface area contributed by atoms with E-state index in [0.717, 1.165) is 40.2 Å². The van der Waals surface area contributed by atoms with Crippen molar-refractivity contribution in [3.63, 3.8) is 0 Å². The maximum atomic E-state index is 11.0. The molecule has 0 spiro atoms. The molecule has 23 nitrogen and oxygen atoms in total. The summed E-state index contributed by atoms with van der Waals surface area (Å²) in [7, 11) is -0.266. The molecular weight excluding hydrogens is 1760 g/mol. The van der Waals surface area contributed by atoms with E-state index < -0.39 is 40.0 Å². The zero-order valence-corrected chi connectivity index (χ0v) is 90.8. The Morgan fingerprint density at radius 1 is 0.457 bits per heavy atom. The van der Waals surface area contributed by atoms with E-state index in [1.54, 1.807) is 90.5 Å². The first kappa shape index (κ1) is 125. The molecule has 24 heteroatoms. The third-order valence-corrected chi connectivity index (χ3v) is 23.3. The standard InChI is InChI=1S/C14H20O4.C12H16O2.C11H15NO.2C11H14O2.C10H15NO2.C10H14O3S.C10H20.C9H15N.C9H13N.C7H13NO2/c1-8(2)18-12-10(14(3,4)5)7-6-9(11(12)15)13(16)17;1-12(2,3)8-9-4-6-10(7-5-9)11(13)14;2*1-11(2,3)9-6-4-8(5-7-9)10(12)13;1-11(2,3)9-6-4-5-8(7-9)10(12)13;1-10(2,3)7-5-8(9(12)13)11(4)6-7;1-10(2,3)8-4-6-9(7-5-8)14(11,12)13;1-10(2,3)9-7-5-4-6-8-9;1-9(2,3)8-5-6-10(4)7-8;1-9(2,3)8-4-6-10-7-5-8;1-7(2,3)5-4-10-8-6(5)9/h6-8,15H,1-5H3,(H,16,17);4-7H,8H2,1-3H3,(H,13,14);4-7H,1-3H3,(H2,12,13);2*4-7H,1-3H3,(H,12,13);5-6H,1-4H3,(H,12,13);4-7H,1-3H3,(H,11,12,13);9H,4-8H2,1-3H3;5-7H,1-4H3;4-7H,1-3H3;5H,4H2,1-3H3,(H,8,9). The molecule has 1 saturated carbocycles. The molecule has 0 radical (unpaired) electrons. The van der Waals surface area contributed by atoms with Crippen LogP contribution in [0.3, 0.4) is 0 Å². The first-order chi connectivity index (χ1) is 62.5. The summed E-state index contributed by atoms with van der Waals surface area (Å²) in [5.74, 6) is -4.05. The number of nitrogens with two attached hydrogens (primary N) is 1. The number of aromatic nitrogens is 3. The van der Waals surface area contributed by atoms with E-state index in [1.807, 2.05) is 137 Å². The van der Waals surface area contributed by atoms with E-state index in [4.69, 9.17) is 45.4 Å². The lowest BCUT2D eigenvalue weighted by Gasteiger charge is -2.33. The second-order valence-electron chi connectivity index (χ2n) is 47.0. The van der Waals surface area contributed by atoms with Crippen molar-refractivity contribution in [3.8, 4) is 11.5 Å². The van der Waals surface area contributed by atoms with Crippen molar-refractivity contribution < 1.29 is 86.7 Å². The highest BCUT2D eigenvalue weighted by atomic mass is 32.2. The third kappa shape index (κ3) is 47.0. The normalized spacial score (nSPS) is 13.6. The molecule has 4 heterocycles. The number of rotatable bonds is 10. The van der Waals surface area contributed by atoms with Crippen LogP contribution in [0.5, 0.6) is 11.5 Å². The lowest BCUT2D eigenvalue weighted by atomic mass is 9.72. The van der Waals surface area contributed by atoms with E-state index in [2.05, 4.69) is 219 Å². The van der Waals surface area contributed by atoms with Gasteiger partial charge in [-0.3, -0.25) is 24.0 Å². The van der Waals surface area contributed by atoms with Gasteiger partial charge in [0, 0.05) is 56.2 Å². The quantitative estimate of drug-likeness (QED) is 0.0574. The predicted molar refractivity (Wildman–Crippen MR) is 560 cm³/mol. The van der Waals surface area contributed by atoms with Gasteiger partial charge in [-0.15, -0.1) is 0 Å². The van der Waals surface area contributed by atoms with Crippen molar-refractivity contribution in [1.82, 2.24) is 19.6 Å². The van der Waals surface area contributed by atoms with Crippen LogP contribution in [-0.4, -0.2) is 112 Å². The average Bonchev–Trinajstić information content (AvgIpc) is 0.990. The summed E-state index contributed by atoms with van der Waals surface area (Å²) in [6.45, 7) is 74.3. The number of nitrogens with zero attached hydrogens (tertiary/aromatic N) is 3. The van der Waals surface area contributed by atoms with Gasteiger partial charge in [0.15, 0.2) is 11.5 Å². The van der Waals surface area contributed by atoms with Crippen molar-refractivity contribution in [2.24, 2.45) is 47.9 Å². The number of aromatic hydroxyl groups is 1. The molecule has 10 N–H and O–H groups in total. The van der Waals surface area contributed by atoms with Crippen LogP contribution in [0.2, 0.25) is 0 Å². The van der Waals surface area contributed by atoms with Gasteiger partial charge in [0.25, 0.3) is 10.1 Å². The van der Waals surface area contributed by atoms with Gasteiger partial charge in [0.1, 0.15) is 11.3 Å². The fourth-order valence-electron chi connectivity index (χ4n) is 13.5. The number of benzene rings is 6. The molecule has 0 bridgehead atoms. The number of ether oxygens (including phenoxy) is 1. The minimum absolute atomic E-state index is 0.00542. The van der Waals surface area contributed by atoms with Gasteiger partial charge in [-0.05, 0) is 234 Å². The summed E-state index contributed by atoms with van der Waals surface area (Å²) in [6, 6.07) is 45.9. The van der Waals surface area contributed by atoms with Crippen molar-refractivity contribution in [2.45, 2.75) is 335 Å². The first-order valence-corrected chi connectivity index (χ1v) is 48.6. The average molecular weight is 1930 g/mol. The van der Waals surface area contributed by atoms with Gasteiger partial charge in [0.2, 0.25) is 11.8 Å². The van der Waals surface area contributed by atoms with Crippen molar-refractivity contribution in [2.75, 3.05) is 6.61 Å². The van der Waals surface area contributed by atoms with Gasteiger partial charge in [-0.2, -0.15) is 8.42 Å². The molecule has 1 aliphatic carbocycles. The number of hydroxylamine groups is 1. The summed E-state index contributed by atoms with van der Waals surface area (Å²) in [6.07, 6.45) is 18.0. The summed E-state index contributed by atoms with van der Waals surface area (Å²) in [5, 5.41) is 54.0. The van der Waals surface area contributed by atoms with E-state index in [0.29, 0.717) is 45.4 Å². The van der Waals surface area contributed by atoms with E-state index in [-0.39, 0.29) is 94.5 Å². The number of aryl methyl sites for hydroxylation is 2. The molecule has 3 aromatic heterocycles. The predicted octanol–water partition coefficient (Wildman–Crippen LogP) is 26.9. The number of nitrogens with one attached hydrogen (secondary N) is 1. The number of aromatic carboxylic acids is 5. The van der Waals surface area contributed by atoms with Crippen LogP contribution in [0.15, 0.2) is 194 Å². The largest absolute Gasteiger partial charge is 0.504 e. The summed E-state index contributed by atoms with van der Waals surface area (Å²) < 4.78 is 39.6. The van der Waals surface area contributed by atoms with E-state index >= 15 is 0 Å². The van der Waals surface area contributed by atoms with Crippen LogP contribution >= 0.6 is 0 Å². The molecular formula is C114H169N5O18S. The summed E-state index contributed by atoms with van der Waals surface area (Å²) in [5.41, 5.74) is 20.8.